The predicted octanol–water partition coefficient (Wildman–Crippen LogP) is 3.53. The van der Waals surface area contributed by atoms with Crippen LogP contribution in [-0.2, 0) is 4.79 Å². The number of anilines is 1. The van der Waals surface area contributed by atoms with Gasteiger partial charge in [-0.25, -0.2) is 9.97 Å². The molecule has 2 heterocycles. The highest BCUT2D eigenvalue weighted by Crippen LogP contribution is 2.30. The third-order valence-electron chi connectivity index (χ3n) is 5.36. The minimum atomic E-state index is 0.124. The van der Waals surface area contributed by atoms with Gasteiger partial charge in [0.1, 0.15) is 5.82 Å². The van der Waals surface area contributed by atoms with Gasteiger partial charge in [0, 0.05) is 35.3 Å². The summed E-state index contributed by atoms with van der Waals surface area (Å²) in [6.07, 6.45) is 2.82. The number of hydrogen-bond donors (Lipinski definition) is 3. The van der Waals surface area contributed by atoms with Crippen LogP contribution < -0.4 is 10.6 Å². The number of para-hydroxylation sites is 2. The highest BCUT2D eigenvalue weighted by molar-refractivity contribution is 6.04. The van der Waals surface area contributed by atoms with E-state index in [9.17, 15) is 9.59 Å². The first-order valence-corrected chi connectivity index (χ1v) is 10.1. The zero-order chi connectivity index (χ0) is 20.5. The first-order valence-electron chi connectivity index (χ1n) is 10.1. The second-order valence-corrected chi connectivity index (χ2v) is 7.48. The number of hydrogen-bond acceptors (Lipinski definition) is 5. The summed E-state index contributed by atoms with van der Waals surface area (Å²) in [5, 5.41) is 8.00. The van der Waals surface area contributed by atoms with Crippen molar-refractivity contribution in [2.24, 2.45) is 5.92 Å². The summed E-state index contributed by atoms with van der Waals surface area (Å²) in [6.45, 7) is 1.07. The Labute approximate surface area is 172 Å². The van der Waals surface area contributed by atoms with Crippen LogP contribution in [0.25, 0.3) is 33.3 Å². The van der Waals surface area contributed by atoms with Crippen molar-refractivity contribution in [1.29, 1.82) is 0 Å². The van der Waals surface area contributed by atoms with Gasteiger partial charge < -0.3 is 15.6 Å². The molecule has 0 unspecified atom stereocenters. The maximum atomic E-state index is 11.8. The van der Waals surface area contributed by atoms with Gasteiger partial charge in [0.05, 0.1) is 16.8 Å². The van der Waals surface area contributed by atoms with Crippen molar-refractivity contribution in [3.8, 4) is 11.5 Å². The van der Waals surface area contributed by atoms with Gasteiger partial charge in [-0.3, -0.25) is 9.59 Å². The third kappa shape index (κ3) is 3.39. The number of H-pyrrole nitrogens is 1. The Hall–Kier alpha value is -3.74. The van der Waals surface area contributed by atoms with E-state index >= 15 is 0 Å². The molecule has 0 radical (unpaired) electrons. The van der Waals surface area contributed by atoms with Gasteiger partial charge in [0.2, 0.25) is 5.91 Å². The van der Waals surface area contributed by atoms with Crippen molar-refractivity contribution < 1.29 is 9.59 Å². The van der Waals surface area contributed by atoms with Gasteiger partial charge >= 0.3 is 0 Å². The quantitative estimate of drug-likeness (QED) is 0.326. The molecule has 1 aliphatic carbocycles. The largest absolute Gasteiger partial charge is 0.368 e. The van der Waals surface area contributed by atoms with Crippen molar-refractivity contribution in [1.82, 2.24) is 20.3 Å². The number of aromatic amines is 1. The molecule has 7 nitrogen and oxygen atoms in total. The first-order chi connectivity index (χ1) is 14.7. The molecular weight excluding hydrogens is 378 g/mol. The van der Waals surface area contributed by atoms with Crippen LogP contribution in [0.5, 0.6) is 0 Å². The number of carbonyl (C=O) groups is 2. The molecule has 1 aliphatic rings. The fraction of sp³-hybridized carbons (Fsp3) is 0.217. The average Bonchev–Trinajstić information content (AvgIpc) is 3.56. The molecule has 1 fully saturated rings. The summed E-state index contributed by atoms with van der Waals surface area (Å²) in [5.41, 5.74) is 2.79. The van der Waals surface area contributed by atoms with E-state index in [4.69, 9.17) is 4.98 Å². The van der Waals surface area contributed by atoms with Crippen LogP contribution in [0, 0.1) is 5.92 Å². The number of nitrogens with one attached hydrogen (secondary N) is 3. The molecule has 0 atom stereocenters. The van der Waals surface area contributed by atoms with Crippen LogP contribution in [-0.4, -0.2) is 40.2 Å². The monoisotopic (exact) mass is 399 g/mol. The fourth-order valence-electron chi connectivity index (χ4n) is 3.64. The Kier molecular flexibility index (Phi) is 4.63. The van der Waals surface area contributed by atoms with E-state index in [1.807, 2.05) is 48.5 Å². The van der Waals surface area contributed by atoms with Crippen LogP contribution in [0.2, 0.25) is 0 Å². The summed E-state index contributed by atoms with van der Waals surface area (Å²) < 4.78 is 0. The zero-order valence-corrected chi connectivity index (χ0v) is 16.3. The summed E-state index contributed by atoms with van der Waals surface area (Å²) >= 11 is 0. The number of nitrogens with zero attached hydrogens (tertiary/aromatic N) is 2. The second-order valence-electron chi connectivity index (χ2n) is 7.48. The number of fused-ring (bicyclic) bond motifs is 2. The van der Waals surface area contributed by atoms with Gasteiger partial charge in [-0.05, 0) is 31.0 Å². The number of aldehydes is 1. The first kappa shape index (κ1) is 18.3. The minimum Gasteiger partial charge on any atom is -0.368 e. The van der Waals surface area contributed by atoms with Crippen LogP contribution in [0.1, 0.15) is 23.2 Å². The topological polar surface area (TPSA) is 99.8 Å². The molecule has 4 aromatic rings. The smallest absolute Gasteiger partial charge is 0.223 e. The number of rotatable bonds is 7. The molecule has 0 bridgehead atoms. The molecule has 7 heteroatoms. The minimum absolute atomic E-state index is 0.124. The van der Waals surface area contributed by atoms with Crippen molar-refractivity contribution in [3.63, 3.8) is 0 Å². The van der Waals surface area contributed by atoms with Crippen molar-refractivity contribution in [3.05, 3.63) is 54.1 Å². The predicted molar refractivity (Wildman–Crippen MR) is 116 cm³/mol. The molecule has 1 amide bonds. The van der Waals surface area contributed by atoms with Crippen molar-refractivity contribution in [2.45, 2.75) is 12.8 Å². The van der Waals surface area contributed by atoms with Crippen LogP contribution >= 0.6 is 0 Å². The second kappa shape index (κ2) is 7.59. The molecule has 3 N–H and O–H groups in total. The summed E-state index contributed by atoms with van der Waals surface area (Å²) in [7, 11) is 0. The molecule has 1 saturated carbocycles. The SMILES string of the molecule is O=Cc1c(-c2nc(NCCNC(=O)C3CC3)c3ccccc3n2)[nH]c2ccccc12. The van der Waals surface area contributed by atoms with E-state index in [1.165, 1.54) is 0 Å². The molecular formula is C23H21N5O2. The Morgan fingerprint density at radius 3 is 2.60 bits per heavy atom. The fourth-order valence-corrected chi connectivity index (χ4v) is 3.64. The number of aromatic nitrogens is 3. The van der Waals surface area contributed by atoms with E-state index in [0.717, 1.165) is 40.9 Å². The molecule has 150 valence electrons. The standard InChI is InChI=1S/C23H21N5O2/c29-13-17-15-5-1-3-7-18(15)26-20(17)22-27-19-8-4-2-6-16(19)21(28-22)24-11-12-25-23(30)14-9-10-14/h1-8,13-14,26H,9-12H2,(H,25,30)(H,24,27,28). The van der Waals surface area contributed by atoms with Gasteiger partial charge in [0.25, 0.3) is 0 Å². The van der Waals surface area contributed by atoms with Crippen molar-refractivity contribution >= 4 is 39.8 Å². The highest BCUT2D eigenvalue weighted by Gasteiger charge is 2.29. The van der Waals surface area contributed by atoms with Gasteiger partial charge in [0.15, 0.2) is 12.1 Å². The van der Waals surface area contributed by atoms with Crippen LogP contribution in [0.3, 0.4) is 0 Å². The van der Waals surface area contributed by atoms with Crippen LogP contribution in [0.15, 0.2) is 48.5 Å². The Bertz CT molecular complexity index is 1260. The maximum absolute atomic E-state index is 11.8. The molecule has 2 aromatic heterocycles. The maximum Gasteiger partial charge on any atom is 0.223 e. The molecule has 0 saturated heterocycles. The summed E-state index contributed by atoms with van der Waals surface area (Å²) in [6, 6.07) is 15.4. The van der Waals surface area contributed by atoms with Gasteiger partial charge in [-0.15, -0.1) is 0 Å². The zero-order valence-electron chi connectivity index (χ0n) is 16.3. The van der Waals surface area contributed by atoms with Crippen molar-refractivity contribution in [2.75, 3.05) is 18.4 Å². The normalized spacial score (nSPS) is 13.5. The van der Waals surface area contributed by atoms with E-state index < -0.39 is 0 Å². The molecule has 2 aromatic carbocycles. The van der Waals surface area contributed by atoms with E-state index in [1.54, 1.807) is 0 Å². The average molecular weight is 399 g/mol. The number of amides is 1. The molecule has 0 spiro atoms. The van der Waals surface area contributed by atoms with Crippen LogP contribution in [0.4, 0.5) is 5.82 Å². The third-order valence-corrected chi connectivity index (χ3v) is 5.36. The lowest BCUT2D eigenvalue weighted by Gasteiger charge is -2.11. The molecule has 5 rings (SSSR count). The van der Waals surface area contributed by atoms with Gasteiger partial charge in [-0.1, -0.05) is 30.3 Å². The highest BCUT2D eigenvalue weighted by atomic mass is 16.2. The number of benzene rings is 2. The lowest BCUT2D eigenvalue weighted by molar-refractivity contribution is -0.122. The van der Waals surface area contributed by atoms with E-state index in [2.05, 4.69) is 20.6 Å². The lowest BCUT2D eigenvalue weighted by atomic mass is 10.1. The van der Waals surface area contributed by atoms with E-state index in [0.29, 0.717) is 36.0 Å². The summed E-state index contributed by atoms with van der Waals surface area (Å²) in [4.78, 5) is 36.3. The Morgan fingerprint density at radius 2 is 1.80 bits per heavy atom. The van der Waals surface area contributed by atoms with E-state index in [-0.39, 0.29) is 11.8 Å². The summed E-state index contributed by atoms with van der Waals surface area (Å²) in [5.74, 6) is 1.45. The van der Waals surface area contributed by atoms with Gasteiger partial charge in [-0.2, -0.15) is 0 Å². The lowest BCUT2D eigenvalue weighted by Crippen LogP contribution is -2.30. The Balaban J connectivity index is 1.49. The molecule has 0 aliphatic heterocycles. The Morgan fingerprint density at radius 1 is 1.03 bits per heavy atom. The molecule has 30 heavy (non-hydrogen) atoms. The number of carbonyl (C=O) groups excluding carboxylic acids is 2.